The number of hydrogen-bond acceptors (Lipinski definition) is 6. The molecule has 29 heavy (non-hydrogen) atoms. The first-order valence-corrected chi connectivity index (χ1v) is 9.44. The van der Waals surface area contributed by atoms with Crippen molar-refractivity contribution in [1.29, 1.82) is 0 Å². The highest BCUT2D eigenvalue weighted by Crippen LogP contribution is 2.24. The van der Waals surface area contributed by atoms with Crippen molar-refractivity contribution < 1.29 is 9.53 Å². The first-order chi connectivity index (χ1) is 13.8. The van der Waals surface area contributed by atoms with Crippen LogP contribution in [0.2, 0.25) is 5.28 Å². The van der Waals surface area contributed by atoms with Crippen LogP contribution in [0.15, 0.2) is 54.9 Å². The van der Waals surface area contributed by atoms with Crippen LogP contribution in [-0.2, 0) is 11.3 Å². The Morgan fingerprint density at radius 1 is 1.07 bits per heavy atom. The SMILES string of the molecule is CC(C)(C)OC(=O)NCc1ccc(-c2cccc(Nc3ncnc(Cl)n3)c2)cc1. The van der Waals surface area contributed by atoms with Crippen LogP contribution in [0.3, 0.4) is 0 Å². The van der Waals surface area contributed by atoms with E-state index >= 15 is 0 Å². The van der Waals surface area contributed by atoms with Gasteiger partial charge in [-0.25, -0.2) is 14.8 Å². The summed E-state index contributed by atoms with van der Waals surface area (Å²) in [5.41, 5.74) is 3.37. The zero-order valence-electron chi connectivity index (χ0n) is 16.4. The molecule has 8 heteroatoms. The fraction of sp³-hybridized carbons (Fsp3) is 0.238. The molecule has 0 aliphatic heterocycles. The van der Waals surface area contributed by atoms with E-state index in [1.165, 1.54) is 6.33 Å². The van der Waals surface area contributed by atoms with Gasteiger partial charge in [0.1, 0.15) is 11.9 Å². The molecule has 1 amide bonds. The van der Waals surface area contributed by atoms with Crippen molar-refractivity contribution in [2.75, 3.05) is 5.32 Å². The van der Waals surface area contributed by atoms with Gasteiger partial charge in [-0.3, -0.25) is 0 Å². The van der Waals surface area contributed by atoms with Crippen LogP contribution in [-0.4, -0.2) is 26.6 Å². The highest BCUT2D eigenvalue weighted by molar-refractivity contribution is 6.28. The quantitative estimate of drug-likeness (QED) is 0.616. The smallest absolute Gasteiger partial charge is 0.407 e. The summed E-state index contributed by atoms with van der Waals surface area (Å²) < 4.78 is 5.24. The highest BCUT2D eigenvalue weighted by Gasteiger charge is 2.15. The zero-order valence-corrected chi connectivity index (χ0v) is 17.2. The third-order valence-corrected chi connectivity index (χ3v) is 3.97. The van der Waals surface area contributed by atoms with Gasteiger partial charge in [0, 0.05) is 12.2 Å². The lowest BCUT2D eigenvalue weighted by molar-refractivity contribution is 0.0523. The number of nitrogens with zero attached hydrogens (tertiary/aromatic N) is 3. The monoisotopic (exact) mass is 411 g/mol. The molecule has 0 aliphatic carbocycles. The molecule has 2 N–H and O–H groups in total. The molecule has 0 saturated heterocycles. The van der Waals surface area contributed by atoms with Gasteiger partial charge in [-0.2, -0.15) is 4.98 Å². The lowest BCUT2D eigenvalue weighted by Gasteiger charge is -2.19. The number of rotatable bonds is 5. The summed E-state index contributed by atoms with van der Waals surface area (Å²) in [7, 11) is 0. The number of nitrogens with one attached hydrogen (secondary N) is 2. The number of benzene rings is 2. The zero-order chi connectivity index (χ0) is 20.9. The number of aromatic nitrogens is 3. The maximum absolute atomic E-state index is 11.8. The standard InChI is InChI=1S/C21H22ClN5O2/c1-21(2,3)29-20(28)23-12-14-7-9-15(10-8-14)16-5-4-6-17(11-16)26-19-25-13-24-18(22)27-19/h4-11,13H,12H2,1-3H3,(H,23,28)(H,24,25,26,27). The molecule has 1 heterocycles. The van der Waals surface area contributed by atoms with E-state index < -0.39 is 11.7 Å². The van der Waals surface area contributed by atoms with Gasteiger partial charge >= 0.3 is 6.09 Å². The Labute approximate surface area is 174 Å². The Balaban J connectivity index is 1.64. The van der Waals surface area contributed by atoms with Gasteiger partial charge in [0.2, 0.25) is 11.2 Å². The summed E-state index contributed by atoms with van der Waals surface area (Å²) in [5.74, 6) is 0.380. The summed E-state index contributed by atoms with van der Waals surface area (Å²) in [4.78, 5) is 23.6. The van der Waals surface area contributed by atoms with Crippen molar-refractivity contribution in [3.63, 3.8) is 0 Å². The second-order valence-corrected chi connectivity index (χ2v) is 7.67. The normalized spacial score (nSPS) is 11.0. The van der Waals surface area contributed by atoms with Gasteiger partial charge in [0.05, 0.1) is 0 Å². The minimum absolute atomic E-state index is 0.134. The molecule has 0 unspecified atom stereocenters. The second-order valence-electron chi connectivity index (χ2n) is 7.34. The molecule has 7 nitrogen and oxygen atoms in total. The van der Waals surface area contributed by atoms with Gasteiger partial charge < -0.3 is 15.4 Å². The molecule has 0 atom stereocenters. The van der Waals surface area contributed by atoms with Crippen molar-refractivity contribution in [2.24, 2.45) is 0 Å². The molecule has 0 spiro atoms. The second kappa shape index (κ2) is 8.87. The number of amides is 1. The maximum atomic E-state index is 11.8. The Morgan fingerprint density at radius 2 is 1.83 bits per heavy atom. The van der Waals surface area contributed by atoms with Gasteiger partial charge in [-0.05, 0) is 61.2 Å². The Hall–Kier alpha value is -3.19. The van der Waals surface area contributed by atoms with Crippen LogP contribution < -0.4 is 10.6 Å². The Bertz CT molecular complexity index is 987. The molecule has 0 saturated carbocycles. The van der Waals surface area contributed by atoms with Gasteiger partial charge in [0.15, 0.2) is 0 Å². The fourth-order valence-electron chi connectivity index (χ4n) is 2.55. The summed E-state index contributed by atoms with van der Waals surface area (Å²) >= 11 is 5.79. The van der Waals surface area contributed by atoms with Crippen molar-refractivity contribution in [3.8, 4) is 11.1 Å². The summed E-state index contributed by atoms with van der Waals surface area (Å²) in [5, 5.41) is 6.00. The summed E-state index contributed by atoms with van der Waals surface area (Å²) in [6.45, 7) is 5.90. The van der Waals surface area contributed by atoms with E-state index in [-0.39, 0.29) is 5.28 Å². The van der Waals surface area contributed by atoms with Crippen LogP contribution in [0.25, 0.3) is 11.1 Å². The van der Waals surface area contributed by atoms with Crippen LogP contribution >= 0.6 is 11.6 Å². The van der Waals surface area contributed by atoms with E-state index in [0.29, 0.717) is 12.5 Å². The Morgan fingerprint density at radius 3 is 2.52 bits per heavy atom. The van der Waals surface area contributed by atoms with E-state index in [9.17, 15) is 4.79 Å². The lowest BCUT2D eigenvalue weighted by Crippen LogP contribution is -2.32. The van der Waals surface area contributed by atoms with E-state index in [0.717, 1.165) is 22.4 Å². The van der Waals surface area contributed by atoms with Gasteiger partial charge in [0.25, 0.3) is 0 Å². The molecule has 3 aromatic rings. The Kier molecular flexibility index (Phi) is 6.29. The number of ether oxygens (including phenoxy) is 1. The molecule has 0 bridgehead atoms. The molecule has 3 rings (SSSR count). The topological polar surface area (TPSA) is 89.0 Å². The predicted molar refractivity (Wildman–Crippen MR) is 113 cm³/mol. The van der Waals surface area contributed by atoms with Crippen LogP contribution in [0.5, 0.6) is 0 Å². The fourth-order valence-corrected chi connectivity index (χ4v) is 2.67. The average Bonchev–Trinajstić information content (AvgIpc) is 2.66. The van der Waals surface area contributed by atoms with Crippen LogP contribution in [0, 0.1) is 0 Å². The molecule has 0 fully saturated rings. The number of alkyl carbamates (subject to hydrolysis) is 1. The predicted octanol–water partition coefficient (Wildman–Crippen LogP) is 4.96. The molecule has 0 radical (unpaired) electrons. The molecule has 150 valence electrons. The van der Waals surface area contributed by atoms with Crippen LogP contribution in [0.4, 0.5) is 16.4 Å². The molecule has 2 aromatic carbocycles. The first-order valence-electron chi connectivity index (χ1n) is 9.06. The van der Waals surface area contributed by atoms with Crippen molar-refractivity contribution in [2.45, 2.75) is 32.9 Å². The van der Waals surface area contributed by atoms with E-state index in [1.807, 2.05) is 69.3 Å². The van der Waals surface area contributed by atoms with Crippen molar-refractivity contribution >= 4 is 29.3 Å². The van der Waals surface area contributed by atoms with Crippen molar-refractivity contribution in [1.82, 2.24) is 20.3 Å². The molecule has 1 aromatic heterocycles. The highest BCUT2D eigenvalue weighted by atomic mass is 35.5. The molecular formula is C21H22ClN5O2. The lowest BCUT2D eigenvalue weighted by atomic mass is 10.0. The number of hydrogen-bond donors (Lipinski definition) is 2. The number of halogens is 1. The third kappa shape index (κ3) is 6.43. The van der Waals surface area contributed by atoms with E-state index in [4.69, 9.17) is 16.3 Å². The minimum atomic E-state index is -0.514. The molecule has 0 aliphatic rings. The average molecular weight is 412 g/mol. The van der Waals surface area contributed by atoms with Crippen molar-refractivity contribution in [3.05, 3.63) is 65.7 Å². The summed E-state index contributed by atoms with van der Waals surface area (Å²) in [6.07, 6.45) is 0.921. The molecular weight excluding hydrogens is 390 g/mol. The number of carbonyl (C=O) groups excluding carboxylic acids is 1. The van der Waals surface area contributed by atoms with Crippen LogP contribution in [0.1, 0.15) is 26.3 Å². The summed E-state index contributed by atoms with van der Waals surface area (Å²) in [6, 6.07) is 15.8. The first kappa shape index (κ1) is 20.5. The number of carbonyl (C=O) groups is 1. The maximum Gasteiger partial charge on any atom is 0.407 e. The third-order valence-electron chi connectivity index (χ3n) is 3.78. The minimum Gasteiger partial charge on any atom is -0.444 e. The largest absolute Gasteiger partial charge is 0.444 e. The van der Waals surface area contributed by atoms with E-state index in [1.54, 1.807) is 0 Å². The van der Waals surface area contributed by atoms with E-state index in [2.05, 4.69) is 25.6 Å². The van der Waals surface area contributed by atoms with Gasteiger partial charge in [-0.15, -0.1) is 0 Å². The number of anilines is 2. The van der Waals surface area contributed by atoms with Gasteiger partial charge in [-0.1, -0.05) is 36.4 Å².